The van der Waals surface area contributed by atoms with E-state index in [4.69, 9.17) is 0 Å². The zero-order valence-corrected chi connectivity index (χ0v) is 15.8. The third kappa shape index (κ3) is 3.49. The molecule has 0 amide bonds. The van der Waals surface area contributed by atoms with Crippen molar-refractivity contribution in [2.24, 2.45) is 4.99 Å². The molecule has 1 aliphatic rings. The van der Waals surface area contributed by atoms with Gasteiger partial charge in [0.1, 0.15) is 0 Å². The van der Waals surface area contributed by atoms with E-state index in [-0.39, 0.29) is 11.4 Å². The highest BCUT2D eigenvalue weighted by Gasteiger charge is 2.35. The number of anilines is 1. The second-order valence-electron chi connectivity index (χ2n) is 6.91. The average Bonchev–Trinajstić information content (AvgIpc) is 2.98. The molecule has 0 aliphatic carbocycles. The highest BCUT2D eigenvalue weighted by molar-refractivity contribution is 6.04. The molecule has 4 rings (SSSR count). The van der Waals surface area contributed by atoms with Crippen LogP contribution in [0, 0.1) is 58.2 Å². The first-order valence-electron chi connectivity index (χ1n) is 9.00. The number of para-hydroxylation sites is 2. The Hall–Kier alpha value is -3.57. The molecule has 0 saturated carbocycles. The van der Waals surface area contributed by atoms with Crippen molar-refractivity contribution >= 4 is 17.1 Å². The molecule has 1 aliphatic heterocycles. The summed E-state index contributed by atoms with van der Waals surface area (Å²) in [5.74, 6) is -23.1. The Morgan fingerprint density at radius 3 is 1.61 bits per heavy atom. The van der Waals surface area contributed by atoms with Gasteiger partial charge in [0.25, 0.3) is 0 Å². The summed E-state index contributed by atoms with van der Waals surface area (Å²) in [5, 5.41) is 2.45. The lowest BCUT2D eigenvalue weighted by Gasteiger charge is -2.21. The Kier molecular flexibility index (Phi) is 5.54. The Balaban J connectivity index is 1.99. The molecular weight excluding hydrogens is 470 g/mol. The van der Waals surface area contributed by atoms with Crippen molar-refractivity contribution in [1.29, 1.82) is 0 Å². The SMILES string of the molecule is Fc1c(F)c(F)c(C2=Nc3ccccc3NC(c3c(F)c(F)c(F)c(F)c3F)C2)c(F)c1F. The Morgan fingerprint density at radius 1 is 0.606 bits per heavy atom. The molecule has 1 N–H and O–H groups in total. The largest absolute Gasteiger partial charge is 0.376 e. The molecule has 33 heavy (non-hydrogen) atoms. The van der Waals surface area contributed by atoms with Crippen molar-refractivity contribution < 1.29 is 43.9 Å². The second-order valence-corrected chi connectivity index (χ2v) is 6.91. The lowest BCUT2D eigenvalue weighted by molar-refractivity contribution is 0.366. The Labute approximate surface area is 178 Å². The number of aliphatic imine (C=N–C) groups is 1. The average molecular weight is 478 g/mol. The number of nitrogens with zero attached hydrogens (tertiary/aromatic N) is 1. The van der Waals surface area contributed by atoms with Crippen molar-refractivity contribution in [2.75, 3.05) is 5.32 Å². The standard InChI is InChI=1S/C21H8F10N2/c22-12-10(13(23)17(27)20(30)16(12)26)8-5-9(33-7-4-2-1-3-6(7)32-8)11-14(24)18(28)21(31)19(29)15(11)25/h1-4,8,32H,5H2. The highest BCUT2D eigenvalue weighted by Crippen LogP contribution is 2.39. The van der Waals surface area contributed by atoms with E-state index in [0.717, 1.165) is 0 Å². The van der Waals surface area contributed by atoms with E-state index >= 15 is 0 Å². The summed E-state index contributed by atoms with van der Waals surface area (Å²) in [6.07, 6.45) is -1.01. The van der Waals surface area contributed by atoms with E-state index in [9.17, 15) is 43.9 Å². The maximum atomic E-state index is 14.4. The molecule has 3 aromatic carbocycles. The first kappa shape index (κ1) is 22.6. The summed E-state index contributed by atoms with van der Waals surface area (Å²) in [7, 11) is 0. The molecule has 0 radical (unpaired) electrons. The van der Waals surface area contributed by atoms with Gasteiger partial charge in [-0.3, -0.25) is 4.99 Å². The van der Waals surface area contributed by atoms with Crippen LogP contribution in [0.3, 0.4) is 0 Å². The van der Waals surface area contributed by atoms with Gasteiger partial charge in [-0.25, -0.2) is 43.9 Å². The van der Waals surface area contributed by atoms with Crippen molar-refractivity contribution in [1.82, 2.24) is 0 Å². The number of hydrogen-bond acceptors (Lipinski definition) is 2. The maximum Gasteiger partial charge on any atom is 0.200 e. The molecule has 1 atom stereocenters. The van der Waals surface area contributed by atoms with Gasteiger partial charge in [0, 0.05) is 6.42 Å². The summed E-state index contributed by atoms with van der Waals surface area (Å²) in [6.45, 7) is 0. The van der Waals surface area contributed by atoms with Gasteiger partial charge < -0.3 is 5.32 Å². The van der Waals surface area contributed by atoms with Crippen LogP contribution < -0.4 is 5.32 Å². The fourth-order valence-electron chi connectivity index (χ4n) is 3.43. The topological polar surface area (TPSA) is 24.4 Å². The fraction of sp³-hybridized carbons (Fsp3) is 0.0952. The van der Waals surface area contributed by atoms with Crippen LogP contribution in [0.1, 0.15) is 23.6 Å². The lowest BCUT2D eigenvalue weighted by atomic mass is 9.95. The van der Waals surface area contributed by atoms with Gasteiger partial charge in [0.05, 0.1) is 34.3 Å². The van der Waals surface area contributed by atoms with E-state index < -0.39 is 87.5 Å². The molecule has 0 bridgehead atoms. The zero-order chi connectivity index (χ0) is 24.2. The molecule has 0 saturated heterocycles. The normalized spacial score (nSPS) is 15.6. The monoisotopic (exact) mass is 478 g/mol. The molecule has 1 unspecified atom stereocenters. The van der Waals surface area contributed by atoms with Crippen LogP contribution in [0.4, 0.5) is 55.3 Å². The Bertz CT molecular complexity index is 1280. The third-order valence-electron chi connectivity index (χ3n) is 4.98. The molecule has 1 heterocycles. The highest BCUT2D eigenvalue weighted by atomic mass is 19.2. The number of fused-ring (bicyclic) bond motifs is 1. The summed E-state index contributed by atoms with van der Waals surface area (Å²) < 4.78 is 140. The van der Waals surface area contributed by atoms with Crippen LogP contribution in [0.2, 0.25) is 0 Å². The predicted octanol–water partition coefficient (Wildman–Crippen LogP) is 6.76. The molecule has 0 aromatic heterocycles. The smallest absolute Gasteiger partial charge is 0.200 e. The number of hydrogen-bond donors (Lipinski definition) is 1. The number of nitrogens with one attached hydrogen (secondary N) is 1. The molecule has 0 spiro atoms. The van der Waals surface area contributed by atoms with Crippen molar-refractivity contribution in [3.63, 3.8) is 0 Å². The number of benzene rings is 3. The third-order valence-corrected chi connectivity index (χ3v) is 4.98. The minimum absolute atomic E-state index is 0.0645. The molecular formula is C21H8F10N2. The van der Waals surface area contributed by atoms with Crippen LogP contribution in [-0.4, -0.2) is 5.71 Å². The molecule has 0 fully saturated rings. The van der Waals surface area contributed by atoms with Gasteiger partial charge in [-0.1, -0.05) is 12.1 Å². The van der Waals surface area contributed by atoms with E-state index in [0.29, 0.717) is 0 Å². The molecule has 3 aromatic rings. The van der Waals surface area contributed by atoms with Crippen LogP contribution >= 0.6 is 0 Å². The van der Waals surface area contributed by atoms with Crippen molar-refractivity contribution in [2.45, 2.75) is 12.5 Å². The predicted molar refractivity (Wildman–Crippen MR) is 96.1 cm³/mol. The van der Waals surface area contributed by atoms with Crippen molar-refractivity contribution in [3.8, 4) is 0 Å². The minimum Gasteiger partial charge on any atom is -0.376 e. The summed E-state index contributed by atoms with van der Waals surface area (Å²) in [4.78, 5) is 3.85. The molecule has 2 nitrogen and oxygen atoms in total. The molecule has 172 valence electrons. The van der Waals surface area contributed by atoms with E-state index in [1.165, 1.54) is 24.3 Å². The van der Waals surface area contributed by atoms with Crippen LogP contribution in [-0.2, 0) is 0 Å². The van der Waals surface area contributed by atoms with Gasteiger partial charge in [-0.15, -0.1) is 0 Å². The van der Waals surface area contributed by atoms with Gasteiger partial charge in [0.2, 0.25) is 11.6 Å². The first-order valence-corrected chi connectivity index (χ1v) is 9.00. The van der Waals surface area contributed by atoms with Gasteiger partial charge in [0.15, 0.2) is 46.5 Å². The first-order chi connectivity index (χ1) is 15.5. The van der Waals surface area contributed by atoms with Gasteiger partial charge in [-0.05, 0) is 12.1 Å². The number of rotatable bonds is 2. The zero-order valence-electron chi connectivity index (χ0n) is 15.8. The summed E-state index contributed by atoms with van der Waals surface area (Å²) >= 11 is 0. The fourth-order valence-corrected chi connectivity index (χ4v) is 3.43. The van der Waals surface area contributed by atoms with E-state index in [1.807, 2.05) is 0 Å². The molecule has 12 heteroatoms. The van der Waals surface area contributed by atoms with Crippen LogP contribution in [0.15, 0.2) is 29.3 Å². The van der Waals surface area contributed by atoms with Crippen LogP contribution in [0.5, 0.6) is 0 Å². The quantitative estimate of drug-likeness (QED) is 0.246. The lowest BCUT2D eigenvalue weighted by Crippen LogP contribution is -2.22. The second kappa shape index (κ2) is 8.09. The summed E-state index contributed by atoms with van der Waals surface area (Å²) in [6, 6.07) is 3.36. The van der Waals surface area contributed by atoms with E-state index in [1.54, 1.807) is 0 Å². The summed E-state index contributed by atoms with van der Waals surface area (Å²) in [5.41, 5.74) is -4.00. The Morgan fingerprint density at radius 2 is 1.06 bits per heavy atom. The minimum atomic E-state index is -2.45. The van der Waals surface area contributed by atoms with E-state index in [2.05, 4.69) is 10.3 Å². The number of halogens is 10. The van der Waals surface area contributed by atoms with Gasteiger partial charge in [-0.2, -0.15) is 0 Å². The van der Waals surface area contributed by atoms with Gasteiger partial charge >= 0.3 is 0 Å². The maximum absolute atomic E-state index is 14.4. The van der Waals surface area contributed by atoms with Crippen LogP contribution in [0.25, 0.3) is 0 Å². The van der Waals surface area contributed by atoms with Crippen molar-refractivity contribution in [3.05, 3.63) is 93.6 Å².